The maximum Gasteiger partial charge on any atom is 0.332 e. The van der Waals surface area contributed by atoms with E-state index in [1.54, 1.807) is 4.57 Å². The fourth-order valence-electron chi connectivity index (χ4n) is 5.60. The summed E-state index contributed by atoms with van der Waals surface area (Å²) in [5.41, 5.74) is -0.0559. The standard InChI is InChI=1S/C22H30N4O4/c1-3-12-25-17-16(18(29)26(13-4-2)20(25)30)23-19(24-17)22-8-5-7-21(14-22,10-11-22)9-6-15(27)28/h6,9H,3-5,7-8,10-14H2,1-2H3,(H,23,24)(H,27,28)/b9-6+. The van der Waals surface area contributed by atoms with E-state index in [0.29, 0.717) is 30.7 Å². The first-order chi connectivity index (χ1) is 14.3. The average molecular weight is 415 g/mol. The molecule has 2 aromatic heterocycles. The Bertz CT molecular complexity index is 1120. The SMILES string of the molecule is CCCn1c(=O)c2[nH]c(C34CCCC(/C=C/C(=O)O)(CC3)C4)nc2n(CCC)c1=O. The maximum absolute atomic E-state index is 13.0. The molecule has 162 valence electrons. The normalized spacial score (nSPS) is 26.1. The van der Waals surface area contributed by atoms with Crippen LogP contribution >= 0.6 is 0 Å². The van der Waals surface area contributed by atoms with Crippen LogP contribution in [0.1, 0.15) is 71.0 Å². The molecule has 0 amide bonds. The van der Waals surface area contributed by atoms with E-state index in [4.69, 9.17) is 10.1 Å². The fraction of sp³-hybridized carbons (Fsp3) is 0.636. The number of rotatable bonds is 7. The number of fused-ring (bicyclic) bond motifs is 3. The van der Waals surface area contributed by atoms with E-state index in [0.717, 1.165) is 50.8 Å². The predicted octanol–water partition coefficient (Wildman–Crippen LogP) is 2.94. The maximum atomic E-state index is 13.0. The lowest BCUT2D eigenvalue weighted by molar-refractivity contribution is -0.131. The lowest BCUT2D eigenvalue weighted by Gasteiger charge is -2.36. The van der Waals surface area contributed by atoms with E-state index in [2.05, 4.69) is 4.98 Å². The van der Waals surface area contributed by atoms with Crippen molar-refractivity contribution in [3.8, 4) is 0 Å². The number of aromatic nitrogens is 4. The number of aliphatic carboxylic acids is 1. The summed E-state index contributed by atoms with van der Waals surface area (Å²) in [7, 11) is 0. The van der Waals surface area contributed by atoms with Gasteiger partial charge in [-0.1, -0.05) is 26.3 Å². The van der Waals surface area contributed by atoms with Crippen LogP contribution in [0.4, 0.5) is 0 Å². The second-order valence-corrected chi connectivity index (χ2v) is 9.02. The second-order valence-electron chi connectivity index (χ2n) is 9.02. The highest BCUT2D eigenvalue weighted by Crippen LogP contribution is 2.59. The van der Waals surface area contributed by atoms with Crippen molar-refractivity contribution in [3.05, 3.63) is 38.8 Å². The van der Waals surface area contributed by atoms with Gasteiger partial charge in [0.1, 0.15) is 11.3 Å². The Hall–Kier alpha value is -2.64. The topological polar surface area (TPSA) is 110 Å². The molecule has 8 heteroatoms. The van der Waals surface area contributed by atoms with Crippen molar-refractivity contribution in [2.45, 2.75) is 83.7 Å². The van der Waals surface area contributed by atoms with Crippen molar-refractivity contribution >= 4 is 17.1 Å². The third-order valence-corrected chi connectivity index (χ3v) is 6.96. The molecular formula is C22H30N4O4. The van der Waals surface area contributed by atoms with Crippen LogP contribution in [0.3, 0.4) is 0 Å². The van der Waals surface area contributed by atoms with Crippen LogP contribution in [0.2, 0.25) is 0 Å². The number of carboxylic acid groups (broad SMARTS) is 1. The van der Waals surface area contributed by atoms with Gasteiger partial charge in [0, 0.05) is 24.6 Å². The molecular weight excluding hydrogens is 384 g/mol. The van der Waals surface area contributed by atoms with Crippen LogP contribution in [0.5, 0.6) is 0 Å². The zero-order valence-corrected chi connectivity index (χ0v) is 17.7. The van der Waals surface area contributed by atoms with Crippen molar-refractivity contribution in [1.29, 1.82) is 0 Å². The number of H-pyrrole nitrogens is 1. The summed E-state index contributed by atoms with van der Waals surface area (Å²) in [6, 6.07) is 0. The summed E-state index contributed by atoms with van der Waals surface area (Å²) >= 11 is 0. The van der Waals surface area contributed by atoms with Crippen molar-refractivity contribution in [2.24, 2.45) is 5.41 Å². The van der Waals surface area contributed by atoms with Gasteiger partial charge >= 0.3 is 11.7 Å². The monoisotopic (exact) mass is 414 g/mol. The number of carboxylic acids is 1. The first-order valence-corrected chi connectivity index (χ1v) is 11.0. The van der Waals surface area contributed by atoms with Crippen LogP contribution < -0.4 is 11.2 Å². The van der Waals surface area contributed by atoms with Gasteiger partial charge in [0.05, 0.1) is 0 Å². The van der Waals surface area contributed by atoms with E-state index >= 15 is 0 Å². The summed E-state index contributed by atoms with van der Waals surface area (Å²) in [5, 5.41) is 9.08. The number of nitrogens with zero attached hydrogens (tertiary/aromatic N) is 3. The Morgan fingerprint density at radius 2 is 1.87 bits per heavy atom. The molecule has 0 aliphatic heterocycles. The largest absolute Gasteiger partial charge is 0.478 e. The number of allylic oxidation sites excluding steroid dienone is 1. The summed E-state index contributed by atoms with van der Waals surface area (Å²) in [4.78, 5) is 45.2. The quantitative estimate of drug-likeness (QED) is 0.677. The van der Waals surface area contributed by atoms with Gasteiger partial charge in [0.15, 0.2) is 5.65 Å². The molecule has 2 aliphatic rings. The molecule has 2 atom stereocenters. The highest BCUT2D eigenvalue weighted by molar-refractivity contribution is 5.79. The fourth-order valence-corrected chi connectivity index (χ4v) is 5.60. The Labute approximate surface area is 174 Å². The third-order valence-electron chi connectivity index (χ3n) is 6.96. The van der Waals surface area contributed by atoms with Crippen LogP contribution in [0, 0.1) is 5.41 Å². The van der Waals surface area contributed by atoms with Crippen LogP contribution in [0.25, 0.3) is 11.2 Å². The number of hydrogen-bond donors (Lipinski definition) is 2. The zero-order chi connectivity index (χ0) is 21.5. The average Bonchev–Trinajstić information content (AvgIpc) is 3.28. The van der Waals surface area contributed by atoms with Crippen LogP contribution in [-0.4, -0.2) is 30.2 Å². The first-order valence-electron chi connectivity index (χ1n) is 11.0. The highest BCUT2D eigenvalue weighted by Gasteiger charge is 2.52. The third kappa shape index (κ3) is 3.22. The molecule has 0 radical (unpaired) electrons. The van der Waals surface area contributed by atoms with Crippen molar-refractivity contribution in [3.63, 3.8) is 0 Å². The van der Waals surface area contributed by atoms with Gasteiger partial charge in [-0.05, 0) is 50.4 Å². The van der Waals surface area contributed by atoms with E-state index in [1.165, 1.54) is 10.6 Å². The zero-order valence-electron chi connectivity index (χ0n) is 17.7. The van der Waals surface area contributed by atoms with E-state index in [1.807, 2.05) is 19.9 Å². The number of carbonyl (C=O) groups is 1. The minimum absolute atomic E-state index is 0.124. The first kappa shape index (κ1) is 20.6. The van der Waals surface area contributed by atoms with E-state index in [-0.39, 0.29) is 22.1 Å². The van der Waals surface area contributed by atoms with Crippen LogP contribution in [-0.2, 0) is 23.3 Å². The second kappa shape index (κ2) is 7.56. The predicted molar refractivity (Wildman–Crippen MR) is 114 cm³/mol. The number of aromatic amines is 1. The van der Waals surface area contributed by atoms with Gasteiger partial charge in [0.25, 0.3) is 5.56 Å². The Balaban J connectivity index is 1.84. The Kier molecular flexibility index (Phi) is 5.20. The molecule has 2 aromatic rings. The Morgan fingerprint density at radius 3 is 2.57 bits per heavy atom. The molecule has 2 saturated carbocycles. The number of nitrogens with one attached hydrogen (secondary N) is 1. The smallest absolute Gasteiger partial charge is 0.332 e. The molecule has 2 bridgehead atoms. The van der Waals surface area contributed by atoms with E-state index < -0.39 is 5.97 Å². The molecule has 2 aliphatic carbocycles. The minimum Gasteiger partial charge on any atom is -0.478 e. The molecule has 2 heterocycles. The molecule has 0 saturated heterocycles. The summed E-state index contributed by atoms with van der Waals surface area (Å²) in [6.07, 6.45) is 10.2. The molecule has 30 heavy (non-hydrogen) atoms. The molecule has 0 aromatic carbocycles. The molecule has 2 unspecified atom stereocenters. The summed E-state index contributed by atoms with van der Waals surface area (Å²) < 4.78 is 2.94. The van der Waals surface area contributed by atoms with Gasteiger partial charge in [-0.2, -0.15) is 0 Å². The van der Waals surface area contributed by atoms with Gasteiger partial charge in [-0.25, -0.2) is 14.6 Å². The molecule has 2 N–H and O–H groups in total. The Morgan fingerprint density at radius 1 is 1.13 bits per heavy atom. The number of imidazole rings is 1. The summed E-state index contributed by atoms with van der Waals surface area (Å²) in [5.74, 6) is -0.144. The molecule has 0 spiro atoms. The molecule has 4 rings (SSSR count). The van der Waals surface area contributed by atoms with Crippen molar-refractivity contribution < 1.29 is 9.90 Å². The van der Waals surface area contributed by atoms with Crippen molar-refractivity contribution in [2.75, 3.05) is 0 Å². The van der Waals surface area contributed by atoms with Gasteiger partial charge < -0.3 is 10.1 Å². The van der Waals surface area contributed by atoms with Crippen molar-refractivity contribution in [1.82, 2.24) is 19.1 Å². The molecule has 2 fully saturated rings. The highest BCUT2D eigenvalue weighted by atomic mass is 16.4. The number of aryl methyl sites for hydroxylation is 1. The lowest BCUT2D eigenvalue weighted by Crippen LogP contribution is -2.40. The number of hydrogen-bond acceptors (Lipinski definition) is 4. The van der Waals surface area contributed by atoms with Crippen LogP contribution in [0.15, 0.2) is 21.7 Å². The van der Waals surface area contributed by atoms with Gasteiger partial charge in [0.2, 0.25) is 0 Å². The minimum atomic E-state index is -0.920. The van der Waals surface area contributed by atoms with Gasteiger partial charge in [-0.3, -0.25) is 13.9 Å². The van der Waals surface area contributed by atoms with Gasteiger partial charge in [-0.15, -0.1) is 0 Å². The lowest BCUT2D eigenvalue weighted by atomic mass is 9.68. The molecule has 8 nitrogen and oxygen atoms in total. The van der Waals surface area contributed by atoms with E-state index in [9.17, 15) is 14.4 Å². The summed E-state index contributed by atoms with van der Waals surface area (Å²) in [6.45, 7) is 4.85.